The van der Waals surface area contributed by atoms with E-state index in [-0.39, 0.29) is 23.6 Å². The molecule has 0 aromatic rings. The van der Waals surface area contributed by atoms with Gasteiger partial charge < -0.3 is 10.5 Å². The van der Waals surface area contributed by atoms with Crippen molar-refractivity contribution in [1.82, 2.24) is 4.90 Å². The van der Waals surface area contributed by atoms with Crippen LogP contribution in [0.1, 0.15) is 13.3 Å². The van der Waals surface area contributed by atoms with Gasteiger partial charge in [0.2, 0.25) is 0 Å². The van der Waals surface area contributed by atoms with Gasteiger partial charge in [-0.25, -0.2) is 8.42 Å². The first kappa shape index (κ1) is 13.3. The molecule has 2 saturated heterocycles. The first-order valence-electron chi connectivity index (χ1n) is 6.26. The quantitative estimate of drug-likeness (QED) is 0.724. The molecule has 17 heavy (non-hydrogen) atoms. The van der Waals surface area contributed by atoms with Gasteiger partial charge in [-0.15, -0.1) is 0 Å². The molecule has 0 aromatic carbocycles. The largest absolute Gasteiger partial charge is 0.381 e. The minimum absolute atomic E-state index is 0.0999. The van der Waals surface area contributed by atoms with E-state index in [1.807, 2.05) is 6.92 Å². The number of nitrogens with two attached hydrogens (primary N) is 1. The molecule has 2 rings (SSSR count). The summed E-state index contributed by atoms with van der Waals surface area (Å²) < 4.78 is 28.4. The molecule has 0 radical (unpaired) electrons. The fourth-order valence-electron chi connectivity index (χ4n) is 2.61. The predicted molar refractivity (Wildman–Crippen MR) is 66.6 cm³/mol. The van der Waals surface area contributed by atoms with Crippen LogP contribution in [0.4, 0.5) is 0 Å². The average molecular weight is 262 g/mol. The van der Waals surface area contributed by atoms with E-state index >= 15 is 0 Å². The molecule has 2 fully saturated rings. The van der Waals surface area contributed by atoms with Crippen molar-refractivity contribution in [3.8, 4) is 0 Å². The van der Waals surface area contributed by atoms with Crippen LogP contribution in [-0.2, 0) is 14.6 Å². The fraction of sp³-hybridized carbons (Fsp3) is 1.00. The Kier molecular flexibility index (Phi) is 4.07. The summed E-state index contributed by atoms with van der Waals surface area (Å²) in [5.74, 6) is 0.891. The van der Waals surface area contributed by atoms with Crippen molar-refractivity contribution in [3.63, 3.8) is 0 Å². The van der Waals surface area contributed by atoms with E-state index in [0.29, 0.717) is 19.1 Å². The summed E-state index contributed by atoms with van der Waals surface area (Å²) in [5.41, 5.74) is 6.07. The maximum atomic E-state index is 11.5. The van der Waals surface area contributed by atoms with Crippen molar-refractivity contribution < 1.29 is 13.2 Å². The minimum atomic E-state index is -2.82. The van der Waals surface area contributed by atoms with Gasteiger partial charge in [0.25, 0.3) is 0 Å². The molecule has 5 nitrogen and oxygen atoms in total. The Morgan fingerprint density at radius 2 is 2.24 bits per heavy atom. The van der Waals surface area contributed by atoms with Crippen LogP contribution in [0.5, 0.6) is 0 Å². The zero-order valence-corrected chi connectivity index (χ0v) is 11.2. The molecule has 0 bridgehead atoms. The summed E-state index contributed by atoms with van der Waals surface area (Å²) in [6.45, 7) is 4.93. The smallest absolute Gasteiger partial charge is 0.153 e. The second-order valence-electron chi connectivity index (χ2n) is 5.25. The van der Waals surface area contributed by atoms with E-state index in [1.54, 1.807) is 0 Å². The zero-order chi connectivity index (χ0) is 12.5. The topological polar surface area (TPSA) is 72.6 Å². The molecule has 2 aliphatic heterocycles. The lowest BCUT2D eigenvalue weighted by Gasteiger charge is -2.38. The van der Waals surface area contributed by atoms with Crippen LogP contribution in [-0.4, -0.2) is 63.2 Å². The SMILES string of the molecule is CC1CS(=O)(=O)CCN1CC1COCCC1N. The number of rotatable bonds is 2. The van der Waals surface area contributed by atoms with E-state index in [9.17, 15) is 8.42 Å². The molecule has 2 aliphatic rings. The van der Waals surface area contributed by atoms with Crippen molar-refractivity contribution in [1.29, 1.82) is 0 Å². The Balaban J connectivity index is 1.91. The fourth-order valence-corrected chi connectivity index (χ4v) is 4.23. The highest BCUT2D eigenvalue weighted by molar-refractivity contribution is 7.91. The van der Waals surface area contributed by atoms with Gasteiger partial charge in [0.1, 0.15) is 0 Å². The average Bonchev–Trinajstić information content (AvgIpc) is 2.24. The van der Waals surface area contributed by atoms with Gasteiger partial charge >= 0.3 is 0 Å². The zero-order valence-electron chi connectivity index (χ0n) is 10.3. The van der Waals surface area contributed by atoms with Crippen LogP contribution in [0.25, 0.3) is 0 Å². The van der Waals surface area contributed by atoms with Crippen molar-refractivity contribution in [2.45, 2.75) is 25.4 Å². The van der Waals surface area contributed by atoms with Crippen molar-refractivity contribution in [2.75, 3.05) is 37.8 Å². The van der Waals surface area contributed by atoms with Crippen molar-refractivity contribution >= 4 is 9.84 Å². The summed E-state index contributed by atoms with van der Waals surface area (Å²) in [6.07, 6.45) is 0.908. The first-order valence-corrected chi connectivity index (χ1v) is 8.08. The Labute approximate surface area is 103 Å². The maximum absolute atomic E-state index is 11.5. The van der Waals surface area contributed by atoms with Crippen LogP contribution in [0.3, 0.4) is 0 Å². The van der Waals surface area contributed by atoms with Crippen LogP contribution in [0.15, 0.2) is 0 Å². The summed E-state index contributed by atoms with van der Waals surface area (Å²) in [5, 5.41) is 0. The third kappa shape index (κ3) is 3.40. The minimum Gasteiger partial charge on any atom is -0.381 e. The molecular weight excluding hydrogens is 240 g/mol. The van der Waals surface area contributed by atoms with Gasteiger partial charge in [0.15, 0.2) is 9.84 Å². The van der Waals surface area contributed by atoms with E-state index in [4.69, 9.17) is 10.5 Å². The van der Waals surface area contributed by atoms with Crippen LogP contribution in [0, 0.1) is 5.92 Å². The molecule has 2 heterocycles. The van der Waals surface area contributed by atoms with Crippen molar-refractivity contribution in [3.05, 3.63) is 0 Å². The molecule has 100 valence electrons. The van der Waals surface area contributed by atoms with Gasteiger partial charge in [0, 0.05) is 37.7 Å². The normalized spacial score (nSPS) is 39.1. The molecule has 3 unspecified atom stereocenters. The van der Waals surface area contributed by atoms with E-state index in [1.165, 1.54) is 0 Å². The highest BCUT2D eigenvalue weighted by Crippen LogP contribution is 2.18. The number of ether oxygens (including phenoxy) is 1. The highest BCUT2D eigenvalue weighted by atomic mass is 32.2. The summed E-state index contributed by atoms with van der Waals surface area (Å²) in [4.78, 5) is 2.24. The Bertz CT molecular complexity index is 358. The molecule has 3 atom stereocenters. The predicted octanol–water partition coefficient (Wildman–Crippen LogP) is -0.531. The maximum Gasteiger partial charge on any atom is 0.153 e. The molecular formula is C11H22N2O3S. The lowest BCUT2D eigenvalue weighted by molar-refractivity contribution is 0.0220. The molecule has 2 N–H and O–H groups in total. The summed E-state index contributed by atoms with van der Waals surface area (Å²) >= 11 is 0. The molecule has 0 aliphatic carbocycles. The standard InChI is InChI=1S/C11H22N2O3S/c1-9-8-17(14,15)5-3-13(9)6-10-7-16-4-2-11(10)12/h9-11H,2-8,12H2,1H3. The monoisotopic (exact) mass is 262 g/mol. The molecule has 0 saturated carbocycles. The van der Waals surface area contributed by atoms with E-state index < -0.39 is 9.84 Å². The van der Waals surface area contributed by atoms with Gasteiger partial charge in [-0.2, -0.15) is 0 Å². The molecule has 0 spiro atoms. The van der Waals surface area contributed by atoms with Crippen LogP contribution < -0.4 is 5.73 Å². The Morgan fingerprint density at radius 3 is 2.88 bits per heavy atom. The van der Waals surface area contributed by atoms with Crippen LogP contribution >= 0.6 is 0 Å². The van der Waals surface area contributed by atoms with Gasteiger partial charge in [-0.05, 0) is 13.3 Å². The van der Waals surface area contributed by atoms with Crippen LogP contribution in [0.2, 0.25) is 0 Å². The van der Waals surface area contributed by atoms with E-state index in [2.05, 4.69) is 4.90 Å². The van der Waals surface area contributed by atoms with Gasteiger partial charge in [-0.3, -0.25) is 4.90 Å². The molecule has 0 aromatic heterocycles. The third-order valence-electron chi connectivity index (χ3n) is 3.81. The van der Waals surface area contributed by atoms with Crippen molar-refractivity contribution in [2.24, 2.45) is 11.7 Å². The summed E-state index contributed by atoms with van der Waals surface area (Å²) in [6, 6.07) is 0.289. The molecule has 0 amide bonds. The number of hydrogen-bond donors (Lipinski definition) is 1. The Morgan fingerprint density at radius 1 is 1.47 bits per heavy atom. The Hall–Kier alpha value is -0.170. The first-order chi connectivity index (χ1) is 7.98. The lowest BCUT2D eigenvalue weighted by Crippen LogP contribution is -2.52. The highest BCUT2D eigenvalue weighted by Gasteiger charge is 2.32. The third-order valence-corrected chi connectivity index (χ3v) is 5.60. The number of hydrogen-bond acceptors (Lipinski definition) is 5. The summed E-state index contributed by atoms with van der Waals surface area (Å²) in [7, 11) is -2.82. The van der Waals surface area contributed by atoms with Gasteiger partial charge in [0.05, 0.1) is 18.1 Å². The molecule has 6 heteroatoms. The lowest BCUT2D eigenvalue weighted by atomic mass is 9.95. The second-order valence-corrected chi connectivity index (χ2v) is 7.47. The van der Waals surface area contributed by atoms with Gasteiger partial charge in [-0.1, -0.05) is 0 Å². The van der Waals surface area contributed by atoms with E-state index in [0.717, 1.165) is 19.6 Å². The number of sulfone groups is 1. The number of nitrogens with zero attached hydrogens (tertiary/aromatic N) is 1. The second kappa shape index (κ2) is 5.22.